The van der Waals surface area contributed by atoms with Crippen molar-refractivity contribution in [3.05, 3.63) is 53.8 Å². The highest BCUT2D eigenvalue weighted by Crippen LogP contribution is 2.34. The van der Waals surface area contributed by atoms with E-state index in [1.807, 2.05) is 13.8 Å². The van der Waals surface area contributed by atoms with Gasteiger partial charge in [-0.2, -0.15) is 0 Å². The molecule has 2 aromatic carbocycles. The van der Waals surface area contributed by atoms with Crippen LogP contribution in [0.15, 0.2) is 47.4 Å². The van der Waals surface area contributed by atoms with Gasteiger partial charge in [0.05, 0.1) is 22.0 Å². The van der Waals surface area contributed by atoms with Crippen LogP contribution in [0.4, 0.5) is 15.8 Å². The Morgan fingerprint density at radius 2 is 1.75 bits per heavy atom. The predicted octanol–water partition coefficient (Wildman–Crippen LogP) is 3.36. The van der Waals surface area contributed by atoms with Gasteiger partial charge in [-0.05, 0) is 60.7 Å². The van der Waals surface area contributed by atoms with E-state index in [2.05, 4.69) is 4.72 Å². The average molecular weight is 427 g/mol. The number of aryl methyl sites for hydroxylation is 1. The summed E-state index contributed by atoms with van der Waals surface area (Å²) in [6.45, 7) is 3.89. The molecule has 0 amide bonds. The summed E-state index contributed by atoms with van der Waals surface area (Å²) in [6.07, 6.45) is 1.34. The Morgan fingerprint density at radius 3 is 2.39 bits per heavy atom. The van der Waals surface area contributed by atoms with E-state index in [4.69, 9.17) is 0 Å². The molecule has 0 radical (unpaired) electrons. The van der Waals surface area contributed by atoms with Crippen molar-refractivity contribution in [3.8, 4) is 0 Å². The molecule has 0 atom stereocenters. The molecule has 0 aromatic heterocycles. The van der Waals surface area contributed by atoms with Crippen LogP contribution in [0.1, 0.15) is 25.8 Å². The Labute approximate surface area is 165 Å². The Kier molecular flexibility index (Phi) is 5.67. The van der Waals surface area contributed by atoms with Crippen molar-refractivity contribution < 1.29 is 21.2 Å². The van der Waals surface area contributed by atoms with E-state index in [9.17, 15) is 21.2 Å². The number of anilines is 2. The molecule has 0 unspecified atom stereocenters. The minimum atomic E-state index is -3.88. The molecule has 1 N–H and O–H groups in total. The number of benzene rings is 2. The number of rotatable bonds is 6. The molecule has 0 spiro atoms. The topological polar surface area (TPSA) is 83.6 Å². The fraction of sp³-hybridized carbons (Fsp3) is 0.368. The van der Waals surface area contributed by atoms with Crippen LogP contribution < -0.4 is 9.03 Å². The number of nitrogens with one attached hydrogen (secondary N) is 1. The number of fused-ring (bicyclic) bond motifs is 1. The number of halogens is 1. The first-order valence-corrected chi connectivity index (χ1v) is 12.1. The maximum absolute atomic E-state index is 13.2. The number of nitrogens with zero attached hydrogens (tertiary/aromatic N) is 1. The number of hydrogen-bond donors (Lipinski definition) is 1. The lowest BCUT2D eigenvalue weighted by molar-refractivity contribution is 0.585. The van der Waals surface area contributed by atoms with Gasteiger partial charge in [-0.15, -0.1) is 0 Å². The van der Waals surface area contributed by atoms with Gasteiger partial charge in [0.2, 0.25) is 10.0 Å². The highest BCUT2D eigenvalue weighted by atomic mass is 32.2. The van der Waals surface area contributed by atoms with Crippen LogP contribution in [0.2, 0.25) is 0 Å². The summed E-state index contributed by atoms with van der Waals surface area (Å²) >= 11 is 0. The quantitative estimate of drug-likeness (QED) is 0.768. The van der Waals surface area contributed by atoms with Crippen molar-refractivity contribution in [2.45, 2.75) is 31.6 Å². The molecule has 9 heteroatoms. The van der Waals surface area contributed by atoms with Crippen LogP contribution in [0.3, 0.4) is 0 Å². The molecule has 1 aliphatic rings. The van der Waals surface area contributed by atoms with E-state index in [0.717, 1.165) is 17.7 Å². The number of hydrogen-bond acceptors (Lipinski definition) is 4. The van der Waals surface area contributed by atoms with Gasteiger partial charge in [-0.1, -0.05) is 19.9 Å². The van der Waals surface area contributed by atoms with Crippen LogP contribution >= 0.6 is 0 Å². The lowest BCUT2D eigenvalue weighted by Gasteiger charge is -2.31. The second-order valence-electron chi connectivity index (χ2n) is 7.26. The molecule has 2 aromatic rings. The highest BCUT2D eigenvalue weighted by molar-refractivity contribution is 7.93. The van der Waals surface area contributed by atoms with Gasteiger partial charge in [0.15, 0.2) is 0 Å². The van der Waals surface area contributed by atoms with Crippen molar-refractivity contribution in [3.63, 3.8) is 0 Å². The van der Waals surface area contributed by atoms with Gasteiger partial charge in [-0.3, -0.25) is 9.03 Å². The minimum absolute atomic E-state index is 0.00691. The minimum Gasteiger partial charge on any atom is -0.283 e. The average Bonchev–Trinajstić information content (AvgIpc) is 2.60. The smallest absolute Gasteiger partial charge is 0.264 e. The predicted molar refractivity (Wildman–Crippen MR) is 108 cm³/mol. The molecule has 0 aliphatic carbocycles. The Hall–Kier alpha value is -2.13. The zero-order valence-electron chi connectivity index (χ0n) is 15.7. The van der Waals surface area contributed by atoms with Crippen molar-refractivity contribution in [2.24, 2.45) is 5.92 Å². The van der Waals surface area contributed by atoms with Crippen LogP contribution in [-0.2, 0) is 26.5 Å². The fourth-order valence-corrected chi connectivity index (χ4v) is 6.23. The first-order valence-electron chi connectivity index (χ1n) is 9.00. The molecule has 152 valence electrons. The Bertz CT molecular complexity index is 1070. The van der Waals surface area contributed by atoms with Crippen LogP contribution in [0.5, 0.6) is 0 Å². The van der Waals surface area contributed by atoms with Crippen molar-refractivity contribution in [1.29, 1.82) is 0 Å². The van der Waals surface area contributed by atoms with E-state index >= 15 is 0 Å². The third kappa shape index (κ3) is 4.47. The van der Waals surface area contributed by atoms with Gasteiger partial charge < -0.3 is 0 Å². The second kappa shape index (κ2) is 7.71. The number of sulfonamides is 2. The molecule has 3 rings (SSSR count). The van der Waals surface area contributed by atoms with Crippen molar-refractivity contribution in [2.75, 3.05) is 21.3 Å². The normalized spacial score (nSPS) is 14.8. The zero-order chi connectivity index (χ0) is 20.5. The molecule has 6 nitrogen and oxygen atoms in total. The lowest BCUT2D eigenvalue weighted by Crippen LogP contribution is -2.35. The monoisotopic (exact) mass is 426 g/mol. The van der Waals surface area contributed by atoms with E-state index < -0.39 is 25.9 Å². The molecule has 0 bridgehead atoms. The molecular weight excluding hydrogens is 403 g/mol. The lowest BCUT2D eigenvalue weighted by atomic mass is 10.0. The van der Waals surface area contributed by atoms with E-state index in [1.165, 1.54) is 16.4 Å². The van der Waals surface area contributed by atoms with Gasteiger partial charge in [0, 0.05) is 6.54 Å². The molecule has 0 saturated carbocycles. The fourth-order valence-electron chi connectivity index (χ4n) is 3.25. The SMILES string of the molecule is CC(C)CS(=O)(=O)Nc1ccc2c(c1)N(S(=O)(=O)c1ccc(F)cc1)CCC2. The molecule has 0 saturated heterocycles. The molecular formula is C19H23FN2O4S2. The third-order valence-corrected chi connectivity index (χ3v) is 7.87. The first kappa shape index (κ1) is 20.6. The van der Waals surface area contributed by atoms with Gasteiger partial charge in [0.25, 0.3) is 10.0 Å². The standard InChI is InChI=1S/C19H23FN2O4S2/c1-14(2)13-27(23,24)21-17-8-5-15-4-3-11-22(19(15)12-17)28(25,26)18-9-6-16(20)7-10-18/h5-10,12,14,21H,3-4,11,13H2,1-2H3. The van der Waals surface area contributed by atoms with Crippen LogP contribution in [0, 0.1) is 11.7 Å². The first-order chi connectivity index (χ1) is 13.1. The van der Waals surface area contributed by atoms with Gasteiger partial charge >= 0.3 is 0 Å². The molecule has 28 heavy (non-hydrogen) atoms. The van der Waals surface area contributed by atoms with Crippen molar-refractivity contribution >= 4 is 31.4 Å². The van der Waals surface area contributed by atoms with E-state index in [-0.39, 0.29) is 23.1 Å². The van der Waals surface area contributed by atoms with Crippen molar-refractivity contribution in [1.82, 2.24) is 0 Å². The summed E-state index contributed by atoms with van der Waals surface area (Å²) in [4.78, 5) is -0.00691. The maximum atomic E-state index is 13.2. The summed E-state index contributed by atoms with van der Waals surface area (Å²) in [5.74, 6) is -0.577. The molecule has 1 heterocycles. The Morgan fingerprint density at radius 1 is 1.07 bits per heavy atom. The van der Waals surface area contributed by atoms with E-state index in [1.54, 1.807) is 18.2 Å². The maximum Gasteiger partial charge on any atom is 0.264 e. The summed E-state index contributed by atoms with van der Waals surface area (Å²) in [5.41, 5.74) is 1.59. The Balaban J connectivity index is 1.97. The summed E-state index contributed by atoms with van der Waals surface area (Å²) in [5, 5.41) is 0. The van der Waals surface area contributed by atoms with Gasteiger partial charge in [0.1, 0.15) is 5.82 Å². The van der Waals surface area contributed by atoms with Gasteiger partial charge in [-0.25, -0.2) is 21.2 Å². The highest BCUT2D eigenvalue weighted by Gasteiger charge is 2.29. The van der Waals surface area contributed by atoms with E-state index in [0.29, 0.717) is 24.2 Å². The largest absolute Gasteiger partial charge is 0.283 e. The summed E-state index contributed by atoms with van der Waals surface area (Å²) < 4.78 is 67.6. The summed E-state index contributed by atoms with van der Waals surface area (Å²) in [6, 6.07) is 9.61. The van der Waals surface area contributed by atoms with Crippen LogP contribution in [-0.4, -0.2) is 29.1 Å². The molecule has 0 fully saturated rings. The second-order valence-corrected chi connectivity index (χ2v) is 10.9. The molecule has 1 aliphatic heterocycles. The summed E-state index contributed by atoms with van der Waals surface area (Å²) in [7, 11) is -7.41. The zero-order valence-corrected chi connectivity index (χ0v) is 17.4. The van der Waals surface area contributed by atoms with Crippen LogP contribution in [0.25, 0.3) is 0 Å². The third-order valence-electron chi connectivity index (χ3n) is 4.39.